The highest BCUT2D eigenvalue weighted by atomic mass is 16.2. The zero-order valence-electron chi connectivity index (χ0n) is 6.52. The number of carbonyl (C=O) groups is 2. The summed E-state index contributed by atoms with van der Waals surface area (Å²) in [4.78, 5) is 22.1. The third kappa shape index (κ3) is 0.800. The molecule has 2 rings (SSSR count). The van der Waals surface area contributed by atoms with Gasteiger partial charge in [0.2, 0.25) is 5.91 Å². The van der Waals surface area contributed by atoms with E-state index in [-0.39, 0.29) is 18.1 Å². The van der Waals surface area contributed by atoms with Crippen molar-refractivity contribution in [3.05, 3.63) is 0 Å². The minimum Gasteiger partial charge on any atom is -0.343 e. The highest BCUT2D eigenvalue weighted by Crippen LogP contribution is 2.41. The van der Waals surface area contributed by atoms with Crippen molar-refractivity contribution >= 4 is 11.7 Å². The molecule has 11 heavy (non-hydrogen) atoms. The van der Waals surface area contributed by atoms with Crippen molar-refractivity contribution in [3.8, 4) is 0 Å². The topological polar surface area (TPSA) is 46.2 Å². The maximum Gasteiger partial charge on any atom is 0.228 e. The fourth-order valence-corrected chi connectivity index (χ4v) is 2.16. The van der Waals surface area contributed by atoms with Crippen LogP contribution in [0.5, 0.6) is 0 Å². The van der Waals surface area contributed by atoms with E-state index < -0.39 is 5.54 Å². The molecule has 1 aliphatic heterocycles. The molecule has 1 heterocycles. The standard InChI is InChI=1S/C8H11NO2/c1-5-3-8(4-5)6(10)2-7(11)9-8/h5H,2-4H2,1H3,(H,9,11). The van der Waals surface area contributed by atoms with E-state index >= 15 is 0 Å². The van der Waals surface area contributed by atoms with Gasteiger partial charge in [-0.2, -0.15) is 0 Å². The molecule has 1 amide bonds. The van der Waals surface area contributed by atoms with Crippen LogP contribution < -0.4 is 5.32 Å². The Balaban J connectivity index is 2.16. The smallest absolute Gasteiger partial charge is 0.228 e. The van der Waals surface area contributed by atoms with Gasteiger partial charge in [-0.1, -0.05) is 6.92 Å². The van der Waals surface area contributed by atoms with Crippen LogP contribution >= 0.6 is 0 Å². The van der Waals surface area contributed by atoms with Crippen molar-refractivity contribution in [3.63, 3.8) is 0 Å². The number of rotatable bonds is 0. The zero-order valence-corrected chi connectivity index (χ0v) is 6.52. The fourth-order valence-electron chi connectivity index (χ4n) is 2.16. The van der Waals surface area contributed by atoms with Gasteiger partial charge < -0.3 is 5.32 Å². The van der Waals surface area contributed by atoms with Crippen LogP contribution in [0.1, 0.15) is 26.2 Å². The highest BCUT2D eigenvalue weighted by molar-refractivity contribution is 6.10. The number of carbonyl (C=O) groups excluding carboxylic acids is 2. The summed E-state index contributed by atoms with van der Waals surface area (Å²) in [5, 5.41) is 2.76. The summed E-state index contributed by atoms with van der Waals surface area (Å²) >= 11 is 0. The Bertz CT molecular complexity index is 228. The van der Waals surface area contributed by atoms with Gasteiger partial charge in [-0.3, -0.25) is 9.59 Å². The van der Waals surface area contributed by atoms with Crippen LogP contribution in [0, 0.1) is 5.92 Å². The maximum absolute atomic E-state index is 11.3. The minimum absolute atomic E-state index is 0.0955. The van der Waals surface area contributed by atoms with Crippen molar-refractivity contribution in [1.29, 1.82) is 0 Å². The van der Waals surface area contributed by atoms with E-state index in [2.05, 4.69) is 12.2 Å². The lowest BCUT2D eigenvalue weighted by molar-refractivity contribution is -0.126. The summed E-state index contributed by atoms with van der Waals surface area (Å²) < 4.78 is 0. The van der Waals surface area contributed by atoms with E-state index in [1.807, 2.05) is 0 Å². The van der Waals surface area contributed by atoms with Gasteiger partial charge in [-0.05, 0) is 18.8 Å². The van der Waals surface area contributed by atoms with Gasteiger partial charge in [-0.25, -0.2) is 0 Å². The predicted molar refractivity (Wildman–Crippen MR) is 38.9 cm³/mol. The zero-order chi connectivity index (χ0) is 8.06. The molecule has 0 unspecified atom stereocenters. The molecule has 0 radical (unpaired) electrons. The second-order valence-corrected chi connectivity index (χ2v) is 3.74. The first kappa shape index (κ1) is 6.83. The van der Waals surface area contributed by atoms with Gasteiger partial charge in [0, 0.05) is 0 Å². The molecule has 1 saturated carbocycles. The summed E-state index contributed by atoms with van der Waals surface area (Å²) in [7, 11) is 0. The van der Waals surface area contributed by atoms with Crippen LogP contribution in [0.3, 0.4) is 0 Å². The Morgan fingerprint density at radius 3 is 2.45 bits per heavy atom. The Kier molecular flexibility index (Phi) is 1.14. The van der Waals surface area contributed by atoms with Gasteiger partial charge >= 0.3 is 0 Å². The van der Waals surface area contributed by atoms with E-state index in [1.54, 1.807) is 0 Å². The van der Waals surface area contributed by atoms with Gasteiger partial charge in [0.25, 0.3) is 0 Å². The van der Waals surface area contributed by atoms with Crippen LogP contribution in [-0.4, -0.2) is 17.2 Å². The van der Waals surface area contributed by atoms with Crippen molar-refractivity contribution in [2.45, 2.75) is 31.7 Å². The van der Waals surface area contributed by atoms with Crippen molar-refractivity contribution in [2.75, 3.05) is 0 Å². The Morgan fingerprint density at radius 1 is 1.45 bits per heavy atom. The molecule has 1 spiro atoms. The molecule has 3 nitrogen and oxygen atoms in total. The second kappa shape index (κ2) is 1.84. The number of amides is 1. The Hall–Kier alpha value is -0.860. The van der Waals surface area contributed by atoms with E-state index in [9.17, 15) is 9.59 Å². The molecule has 2 aliphatic rings. The molecule has 60 valence electrons. The highest BCUT2D eigenvalue weighted by Gasteiger charge is 2.53. The van der Waals surface area contributed by atoms with Crippen molar-refractivity contribution in [2.24, 2.45) is 5.92 Å². The van der Waals surface area contributed by atoms with E-state index in [4.69, 9.17) is 0 Å². The monoisotopic (exact) mass is 153 g/mol. The molecular formula is C8H11NO2. The molecule has 1 N–H and O–H groups in total. The molecular weight excluding hydrogens is 142 g/mol. The van der Waals surface area contributed by atoms with Crippen LogP contribution in [0.15, 0.2) is 0 Å². The SMILES string of the molecule is CC1CC2(C1)NC(=O)CC2=O. The maximum atomic E-state index is 11.3. The fraction of sp³-hybridized carbons (Fsp3) is 0.750. The third-order valence-corrected chi connectivity index (χ3v) is 2.63. The van der Waals surface area contributed by atoms with Gasteiger partial charge in [0.15, 0.2) is 5.78 Å². The van der Waals surface area contributed by atoms with Gasteiger partial charge in [0.05, 0.1) is 12.0 Å². The average Bonchev–Trinajstić information content (AvgIpc) is 2.06. The molecule has 0 aromatic heterocycles. The summed E-state index contributed by atoms with van der Waals surface area (Å²) in [5.41, 5.74) is -0.420. The number of ketones is 1. The molecule has 0 bridgehead atoms. The van der Waals surface area contributed by atoms with E-state index in [0.717, 1.165) is 12.8 Å². The molecule has 0 aromatic carbocycles. The predicted octanol–water partition coefficient (Wildman–Crippen LogP) is 0.244. The third-order valence-electron chi connectivity index (χ3n) is 2.63. The van der Waals surface area contributed by atoms with Crippen molar-refractivity contribution < 1.29 is 9.59 Å². The summed E-state index contributed by atoms with van der Waals surface area (Å²) in [6.07, 6.45) is 1.79. The van der Waals surface area contributed by atoms with Crippen LogP contribution in [0.4, 0.5) is 0 Å². The summed E-state index contributed by atoms with van der Waals surface area (Å²) in [6.45, 7) is 2.10. The number of Topliss-reactive ketones (excluding diaryl/α,β-unsaturated/α-hetero) is 1. The molecule has 2 fully saturated rings. The van der Waals surface area contributed by atoms with Gasteiger partial charge in [-0.15, -0.1) is 0 Å². The molecule has 3 heteroatoms. The summed E-state index contributed by atoms with van der Waals surface area (Å²) in [6, 6.07) is 0. The Labute approximate surface area is 65.2 Å². The van der Waals surface area contributed by atoms with E-state index in [1.165, 1.54) is 0 Å². The Morgan fingerprint density at radius 2 is 2.09 bits per heavy atom. The van der Waals surface area contributed by atoms with E-state index in [0.29, 0.717) is 5.92 Å². The molecule has 0 aromatic rings. The lowest BCUT2D eigenvalue weighted by Gasteiger charge is -2.41. The van der Waals surface area contributed by atoms with Crippen LogP contribution in [0.2, 0.25) is 0 Å². The van der Waals surface area contributed by atoms with Crippen molar-refractivity contribution in [1.82, 2.24) is 5.32 Å². The largest absolute Gasteiger partial charge is 0.343 e. The first-order chi connectivity index (χ1) is 5.12. The lowest BCUT2D eigenvalue weighted by Crippen LogP contribution is -2.55. The number of hydrogen-bond donors (Lipinski definition) is 1. The molecule has 1 aliphatic carbocycles. The normalized spacial score (nSPS) is 42.5. The molecule has 1 saturated heterocycles. The quantitative estimate of drug-likeness (QED) is 0.507. The first-order valence-corrected chi connectivity index (χ1v) is 3.97. The lowest BCUT2D eigenvalue weighted by atomic mass is 9.68. The number of nitrogens with one attached hydrogen (secondary N) is 1. The second-order valence-electron chi connectivity index (χ2n) is 3.74. The van der Waals surface area contributed by atoms with Gasteiger partial charge in [0.1, 0.15) is 0 Å². The van der Waals surface area contributed by atoms with Crippen LogP contribution in [0.25, 0.3) is 0 Å². The van der Waals surface area contributed by atoms with Crippen LogP contribution in [-0.2, 0) is 9.59 Å². The average molecular weight is 153 g/mol. The number of hydrogen-bond acceptors (Lipinski definition) is 2. The summed E-state index contributed by atoms with van der Waals surface area (Å²) in [5.74, 6) is 0.597. The first-order valence-electron chi connectivity index (χ1n) is 3.97. The molecule has 0 atom stereocenters. The minimum atomic E-state index is -0.420.